The van der Waals surface area contributed by atoms with Gasteiger partial charge in [-0.1, -0.05) is 26.0 Å². The second-order valence-electron chi connectivity index (χ2n) is 6.04. The van der Waals surface area contributed by atoms with Gasteiger partial charge in [0.25, 0.3) is 0 Å². The summed E-state index contributed by atoms with van der Waals surface area (Å²) in [7, 11) is 0. The smallest absolute Gasteiger partial charge is 0.107 e. The van der Waals surface area contributed by atoms with Gasteiger partial charge in [-0.15, -0.1) is 0 Å². The van der Waals surface area contributed by atoms with E-state index in [0.29, 0.717) is 0 Å². The third-order valence-corrected chi connectivity index (χ3v) is 4.74. The van der Waals surface area contributed by atoms with Crippen LogP contribution in [0.15, 0.2) is 28.9 Å². The standard InChI is InChI=1S/C15H20O/c1-10-4-5-12-11(8-10)9-14-13(6-7-16-14)15(12,2)3/h6-7,11-12H,1,4-5,8-9H2,2-3H3/t11-,12-/m0/s1. The molecular weight excluding hydrogens is 196 g/mol. The average Bonchev–Trinajstić information content (AvgIpc) is 2.65. The van der Waals surface area contributed by atoms with Gasteiger partial charge in [0.05, 0.1) is 6.26 Å². The molecule has 2 atom stereocenters. The van der Waals surface area contributed by atoms with Crippen LogP contribution < -0.4 is 0 Å². The number of fused-ring (bicyclic) bond motifs is 2. The van der Waals surface area contributed by atoms with E-state index in [2.05, 4.69) is 26.5 Å². The van der Waals surface area contributed by atoms with Crippen LogP contribution in [0, 0.1) is 11.8 Å². The predicted molar refractivity (Wildman–Crippen MR) is 65.4 cm³/mol. The summed E-state index contributed by atoms with van der Waals surface area (Å²) >= 11 is 0. The number of hydrogen-bond acceptors (Lipinski definition) is 1. The van der Waals surface area contributed by atoms with Gasteiger partial charge in [0, 0.05) is 6.42 Å². The second-order valence-corrected chi connectivity index (χ2v) is 6.04. The molecule has 0 saturated heterocycles. The van der Waals surface area contributed by atoms with E-state index in [0.717, 1.165) is 18.3 Å². The van der Waals surface area contributed by atoms with E-state index in [1.165, 1.54) is 36.2 Å². The number of furan rings is 1. The van der Waals surface area contributed by atoms with Crippen molar-refractivity contribution in [1.82, 2.24) is 0 Å². The zero-order valence-corrected chi connectivity index (χ0v) is 10.3. The molecule has 1 heterocycles. The minimum Gasteiger partial charge on any atom is -0.469 e. The highest BCUT2D eigenvalue weighted by atomic mass is 16.3. The Morgan fingerprint density at radius 1 is 1.38 bits per heavy atom. The fourth-order valence-corrected chi connectivity index (χ4v) is 3.89. The molecule has 1 saturated carbocycles. The Bertz CT molecular complexity index is 424. The van der Waals surface area contributed by atoms with Crippen molar-refractivity contribution in [3.05, 3.63) is 35.8 Å². The van der Waals surface area contributed by atoms with Crippen LogP contribution in [0.4, 0.5) is 0 Å². The topological polar surface area (TPSA) is 13.1 Å². The summed E-state index contributed by atoms with van der Waals surface area (Å²) in [4.78, 5) is 0. The molecule has 1 nitrogen and oxygen atoms in total. The summed E-state index contributed by atoms with van der Waals surface area (Å²) in [6.07, 6.45) is 6.71. The summed E-state index contributed by atoms with van der Waals surface area (Å²) in [6, 6.07) is 2.18. The van der Waals surface area contributed by atoms with Crippen molar-refractivity contribution in [3.63, 3.8) is 0 Å². The molecule has 0 unspecified atom stereocenters. The lowest BCUT2D eigenvalue weighted by Gasteiger charge is -2.46. The summed E-state index contributed by atoms with van der Waals surface area (Å²) in [5.74, 6) is 2.79. The fourth-order valence-electron chi connectivity index (χ4n) is 3.89. The van der Waals surface area contributed by atoms with E-state index in [9.17, 15) is 0 Å². The number of hydrogen-bond donors (Lipinski definition) is 0. The van der Waals surface area contributed by atoms with Gasteiger partial charge in [-0.05, 0) is 48.1 Å². The lowest BCUT2D eigenvalue weighted by atomic mass is 9.58. The van der Waals surface area contributed by atoms with E-state index in [1.54, 1.807) is 0 Å². The monoisotopic (exact) mass is 216 g/mol. The molecule has 1 fully saturated rings. The lowest BCUT2D eigenvalue weighted by molar-refractivity contribution is 0.146. The molecule has 1 aromatic heterocycles. The molecule has 1 aromatic rings. The summed E-state index contributed by atoms with van der Waals surface area (Å²) in [5.41, 5.74) is 3.17. The maximum atomic E-state index is 5.65. The van der Waals surface area contributed by atoms with Crippen LogP contribution in [0.1, 0.15) is 44.4 Å². The van der Waals surface area contributed by atoms with E-state index < -0.39 is 0 Å². The van der Waals surface area contributed by atoms with Gasteiger partial charge in [0.15, 0.2) is 0 Å². The van der Waals surface area contributed by atoms with Crippen LogP contribution >= 0.6 is 0 Å². The Morgan fingerprint density at radius 3 is 3.00 bits per heavy atom. The fraction of sp³-hybridized carbons (Fsp3) is 0.600. The maximum absolute atomic E-state index is 5.65. The maximum Gasteiger partial charge on any atom is 0.107 e. The first-order valence-corrected chi connectivity index (χ1v) is 6.32. The molecule has 0 aliphatic heterocycles. The molecule has 0 N–H and O–H groups in total. The van der Waals surface area contributed by atoms with Crippen molar-refractivity contribution in [2.24, 2.45) is 11.8 Å². The first kappa shape index (κ1) is 10.2. The van der Waals surface area contributed by atoms with Gasteiger partial charge in [-0.25, -0.2) is 0 Å². The van der Waals surface area contributed by atoms with Gasteiger partial charge in [0.1, 0.15) is 5.76 Å². The van der Waals surface area contributed by atoms with Gasteiger partial charge in [-0.2, -0.15) is 0 Å². The first-order valence-electron chi connectivity index (χ1n) is 6.32. The van der Waals surface area contributed by atoms with Gasteiger partial charge < -0.3 is 4.42 Å². The molecule has 0 amide bonds. The van der Waals surface area contributed by atoms with E-state index >= 15 is 0 Å². The second kappa shape index (κ2) is 3.26. The molecule has 86 valence electrons. The Hall–Kier alpha value is -0.980. The quantitative estimate of drug-likeness (QED) is 0.595. The van der Waals surface area contributed by atoms with Crippen LogP contribution in [0.5, 0.6) is 0 Å². The van der Waals surface area contributed by atoms with Crippen LogP contribution in [0.2, 0.25) is 0 Å². The van der Waals surface area contributed by atoms with E-state index in [4.69, 9.17) is 4.42 Å². The molecular formula is C15H20O. The first-order chi connectivity index (χ1) is 7.59. The van der Waals surface area contributed by atoms with Crippen molar-refractivity contribution in [3.8, 4) is 0 Å². The Kier molecular flexibility index (Phi) is 2.07. The van der Waals surface area contributed by atoms with Gasteiger partial charge >= 0.3 is 0 Å². The lowest BCUT2D eigenvalue weighted by Crippen LogP contribution is -2.41. The third kappa shape index (κ3) is 1.30. The Balaban J connectivity index is 2.03. The third-order valence-electron chi connectivity index (χ3n) is 4.74. The molecule has 2 aliphatic carbocycles. The van der Waals surface area contributed by atoms with Gasteiger partial charge in [-0.3, -0.25) is 0 Å². The predicted octanol–water partition coefficient (Wildman–Crippen LogP) is 4.09. The minimum atomic E-state index is 0.284. The van der Waals surface area contributed by atoms with Crippen molar-refractivity contribution < 1.29 is 4.42 Å². The molecule has 1 heteroatoms. The highest BCUT2D eigenvalue weighted by molar-refractivity contribution is 5.32. The van der Waals surface area contributed by atoms with Crippen molar-refractivity contribution in [2.45, 2.75) is 44.9 Å². The van der Waals surface area contributed by atoms with Crippen LogP contribution in [0.25, 0.3) is 0 Å². The zero-order chi connectivity index (χ0) is 11.3. The zero-order valence-electron chi connectivity index (χ0n) is 10.3. The summed E-state index contributed by atoms with van der Waals surface area (Å²) < 4.78 is 5.65. The summed E-state index contributed by atoms with van der Waals surface area (Å²) in [5, 5.41) is 0. The minimum absolute atomic E-state index is 0.284. The summed E-state index contributed by atoms with van der Waals surface area (Å²) in [6.45, 7) is 8.93. The molecule has 0 bridgehead atoms. The van der Waals surface area contributed by atoms with Crippen LogP contribution in [0.3, 0.4) is 0 Å². The Labute approximate surface area is 97.5 Å². The van der Waals surface area contributed by atoms with Crippen molar-refractivity contribution in [2.75, 3.05) is 0 Å². The highest BCUT2D eigenvalue weighted by Crippen LogP contribution is 2.51. The van der Waals surface area contributed by atoms with Crippen LogP contribution in [-0.4, -0.2) is 0 Å². The number of allylic oxidation sites excluding steroid dienone is 1. The van der Waals surface area contributed by atoms with E-state index in [1.807, 2.05) is 6.26 Å². The van der Waals surface area contributed by atoms with E-state index in [-0.39, 0.29) is 5.41 Å². The molecule has 16 heavy (non-hydrogen) atoms. The Morgan fingerprint density at radius 2 is 2.19 bits per heavy atom. The SMILES string of the molecule is C=C1CC[C@H]2[C@@H](C1)Cc1occc1C2(C)C. The molecule has 0 spiro atoms. The largest absolute Gasteiger partial charge is 0.469 e. The van der Waals surface area contributed by atoms with Gasteiger partial charge in [0.2, 0.25) is 0 Å². The average molecular weight is 216 g/mol. The van der Waals surface area contributed by atoms with Crippen molar-refractivity contribution >= 4 is 0 Å². The molecule has 0 radical (unpaired) electrons. The highest BCUT2D eigenvalue weighted by Gasteiger charge is 2.44. The molecule has 0 aromatic carbocycles. The normalized spacial score (nSPS) is 32.0. The number of rotatable bonds is 0. The molecule has 3 rings (SSSR count). The van der Waals surface area contributed by atoms with Crippen molar-refractivity contribution in [1.29, 1.82) is 0 Å². The van der Waals surface area contributed by atoms with Crippen LogP contribution in [-0.2, 0) is 11.8 Å². The molecule has 2 aliphatic rings.